The fraction of sp³-hybridized carbons (Fsp3) is 0.538. The Balaban J connectivity index is 1.25. The number of imidazole rings is 1. The Bertz CT molecular complexity index is 1780. The third-order valence-corrected chi connectivity index (χ3v) is 10.4. The van der Waals surface area contributed by atoms with Gasteiger partial charge in [0.15, 0.2) is 17.4 Å². The van der Waals surface area contributed by atoms with E-state index in [1.54, 1.807) is 0 Å². The molecule has 3 heterocycles. The van der Waals surface area contributed by atoms with Crippen molar-refractivity contribution in [3.05, 3.63) is 89.6 Å². The normalized spacial score (nSPS) is 21.8. The molecule has 2 aromatic rings. The van der Waals surface area contributed by atoms with Gasteiger partial charge in [-0.3, -0.25) is 23.7 Å². The van der Waals surface area contributed by atoms with E-state index in [1.807, 2.05) is 18.0 Å². The maximum absolute atomic E-state index is 13.2. The largest absolute Gasteiger partial charge is 0.405 e. The Morgan fingerprint density at radius 2 is 1.61 bits per heavy atom. The number of aromatic nitrogens is 4. The Hall–Kier alpha value is -3.99. The van der Waals surface area contributed by atoms with E-state index in [1.165, 1.54) is 24.9 Å². The van der Waals surface area contributed by atoms with E-state index in [0.29, 0.717) is 32.5 Å². The number of nitrogen functional groups attached to an aromatic ring is 1. The van der Waals surface area contributed by atoms with Gasteiger partial charge in [0.1, 0.15) is 17.8 Å². The number of fused-ring (bicyclic) bond motifs is 1. The van der Waals surface area contributed by atoms with Crippen LogP contribution in [0.5, 0.6) is 0 Å². The molecule has 56 heavy (non-hydrogen) atoms. The molecule has 1 aliphatic heterocycles. The molecule has 0 saturated carbocycles. The Morgan fingerprint density at radius 1 is 1.04 bits per heavy atom. The molecule has 0 aromatic carbocycles. The van der Waals surface area contributed by atoms with Crippen LogP contribution in [0.25, 0.3) is 11.2 Å². The minimum Gasteiger partial charge on any atom is -0.387 e. The number of amides is 1. The number of nitrogens with zero attached hydrogens (tertiary/aromatic N) is 4. The number of aromatic amines is 1. The quantitative estimate of drug-likeness (QED) is 0.0567. The number of hydrogen-bond donors (Lipinski definition) is 6. The van der Waals surface area contributed by atoms with Gasteiger partial charge in [-0.2, -0.15) is 4.98 Å². The molecule has 1 aliphatic rings. The number of hydrogen-bond acceptors (Lipinski definition) is 12. The smallest absolute Gasteiger partial charge is 0.387 e. The second-order valence-corrected chi connectivity index (χ2v) is 15.4. The monoisotopic (exact) mass is 800 g/mol. The summed E-state index contributed by atoms with van der Waals surface area (Å²) in [5.41, 5.74) is 3.28. The number of nitrogens with two attached hydrogens (primary N) is 1. The number of rotatable bonds is 26. The number of anilines is 1. The van der Waals surface area contributed by atoms with E-state index in [9.17, 15) is 24.4 Å². The third-order valence-electron chi connectivity index (χ3n) is 8.86. The lowest BCUT2D eigenvalue weighted by Gasteiger charge is -2.27. The molecule has 3 rings (SSSR count). The molecule has 310 valence electrons. The maximum atomic E-state index is 13.2. The summed E-state index contributed by atoms with van der Waals surface area (Å²) in [5, 5.41) is 27.7. The van der Waals surface area contributed by atoms with Crippen molar-refractivity contribution in [1.82, 2.24) is 34.8 Å². The highest BCUT2D eigenvalue weighted by Crippen LogP contribution is 2.45. The van der Waals surface area contributed by atoms with Gasteiger partial charge in [0.05, 0.1) is 12.9 Å². The SMILES string of the molecule is CC/C=C/C/C=C/C/C=C/C/C=C/C/C=C/C/C=C/CCC(=O)NCCN(C)CCNP(=O)(OC)OCC1O[C@@H](n2cnc3c(=O)[nH]c(N)nc32)[C@](C)(O)[C@@H]1O. The summed E-state index contributed by atoms with van der Waals surface area (Å²) in [5.74, 6) is -0.182. The predicted molar refractivity (Wildman–Crippen MR) is 220 cm³/mol. The van der Waals surface area contributed by atoms with Crippen molar-refractivity contribution < 1.29 is 33.4 Å². The number of H-pyrrole nitrogens is 1. The van der Waals surface area contributed by atoms with Crippen molar-refractivity contribution in [1.29, 1.82) is 0 Å². The molecule has 1 amide bonds. The summed E-state index contributed by atoms with van der Waals surface area (Å²) in [7, 11) is -0.730. The van der Waals surface area contributed by atoms with Crippen LogP contribution in [0, 0.1) is 0 Å². The van der Waals surface area contributed by atoms with Gasteiger partial charge in [-0.25, -0.2) is 14.6 Å². The summed E-state index contributed by atoms with van der Waals surface area (Å²) in [4.78, 5) is 36.9. The number of allylic oxidation sites excluding steroid dienone is 12. The van der Waals surface area contributed by atoms with Crippen LogP contribution < -0.4 is 21.7 Å². The number of aliphatic hydroxyl groups is 2. The molecular weight excluding hydrogens is 739 g/mol. The van der Waals surface area contributed by atoms with Gasteiger partial charge in [0.2, 0.25) is 11.9 Å². The van der Waals surface area contributed by atoms with Crippen LogP contribution in [0.3, 0.4) is 0 Å². The van der Waals surface area contributed by atoms with E-state index >= 15 is 0 Å². The highest BCUT2D eigenvalue weighted by molar-refractivity contribution is 7.51. The first-order valence-electron chi connectivity index (χ1n) is 19.1. The Morgan fingerprint density at radius 3 is 2.20 bits per heavy atom. The van der Waals surface area contributed by atoms with Crippen molar-refractivity contribution in [2.75, 3.05) is 52.7 Å². The molecule has 0 bridgehead atoms. The minimum atomic E-state index is -3.82. The zero-order chi connectivity index (χ0) is 40.8. The number of nitrogens with one attached hydrogen (secondary N) is 3. The summed E-state index contributed by atoms with van der Waals surface area (Å²) >= 11 is 0. The molecule has 1 saturated heterocycles. The summed E-state index contributed by atoms with van der Waals surface area (Å²) < 4.78 is 31.1. The van der Waals surface area contributed by atoms with E-state index in [2.05, 4.69) is 99.1 Å². The molecule has 16 nitrogen and oxygen atoms in total. The average molecular weight is 801 g/mol. The zero-order valence-electron chi connectivity index (χ0n) is 33.1. The van der Waals surface area contributed by atoms with Crippen molar-refractivity contribution in [3.8, 4) is 0 Å². The molecule has 5 atom stereocenters. The number of ether oxygens (including phenoxy) is 1. The van der Waals surface area contributed by atoms with E-state index in [-0.39, 0.29) is 29.6 Å². The Kier molecular flexibility index (Phi) is 20.4. The van der Waals surface area contributed by atoms with Crippen LogP contribution in [0.2, 0.25) is 0 Å². The van der Waals surface area contributed by atoms with E-state index in [0.717, 1.165) is 38.5 Å². The summed E-state index contributed by atoms with van der Waals surface area (Å²) in [6.07, 6.45) is 30.0. The first-order chi connectivity index (χ1) is 26.9. The topological polar surface area (TPSA) is 219 Å². The van der Waals surface area contributed by atoms with E-state index in [4.69, 9.17) is 19.5 Å². The van der Waals surface area contributed by atoms with Crippen LogP contribution in [0.1, 0.15) is 71.4 Å². The van der Waals surface area contributed by atoms with Crippen LogP contribution in [-0.4, -0.2) is 105 Å². The van der Waals surface area contributed by atoms with Gasteiger partial charge >= 0.3 is 7.75 Å². The molecule has 7 N–H and O–H groups in total. The standard InChI is InChI=1S/C39H61N8O8P/c1-5-6-7-8-9-10-11-12-13-14-15-16-17-18-19-20-21-22-23-24-32(48)41-25-27-46(3)28-26-43-56(52,53-4)54-29-31-34(49)39(2,51)37(55-31)47-30-42-33-35(47)44-38(40)45-36(33)50/h6-7,9-10,12-13,15-16,18-19,21-22,30-31,34,37,49,51H,5,8,11,14,17,20,23-29H2,1-4H3,(H,41,48)(H,43,52)(H3,40,44,45,50)/b7-6+,10-9+,13-12+,16-15+,19-18+,22-21+/t31?,34-,37-,39-,56?/m1/s1. The van der Waals surface area contributed by atoms with Gasteiger partial charge in [0, 0.05) is 39.7 Å². The highest BCUT2D eigenvalue weighted by Gasteiger charge is 2.54. The summed E-state index contributed by atoms with van der Waals surface area (Å²) in [6.45, 7) is 4.82. The fourth-order valence-electron chi connectivity index (χ4n) is 5.65. The van der Waals surface area contributed by atoms with Crippen LogP contribution in [0.15, 0.2) is 84.0 Å². The lowest BCUT2D eigenvalue weighted by Crippen LogP contribution is -2.44. The highest BCUT2D eigenvalue weighted by atomic mass is 31.2. The number of carbonyl (C=O) groups is 1. The zero-order valence-corrected chi connectivity index (χ0v) is 34.0. The van der Waals surface area contributed by atoms with Crippen molar-refractivity contribution >= 4 is 30.8 Å². The average Bonchev–Trinajstić information content (AvgIpc) is 3.68. The van der Waals surface area contributed by atoms with Gasteiger partial charge < -0.3 is 35.4 Å². The maximum Gasteiger partial charge on any atom is 0.405 e. The molecule has 2 unspecified atom stereocenters. The predicted octanol–water partition coefficient (Wildman–Crippen LogP) is 4.60. The van der Waals surface area contributed by atoms with Crippen molar-refractivity contribution in [2.45, 2.75) is 89.3 Å². The van der Waals surface area contributed by atoms with Crippen LogP contribution >= 0.6 is 7.75 Å². The van der Waals surface area contributed by atoms with Crippen molar-refractivity contribution in [3.63, 3.8) is 0 Å². The van der Waals surface area contributed by atoms with Crippen molar-refractivity contribution in [2.24, 2.45) is 0 Å². The second kappa shape index (κ2) is 24.6. The fourth-order valence-corrected chi connectivity index (χ4v) is 6.69. The molecule has 0 aliphatic carbocycles. The van der Waals surface area contributed by atoms with Gasteiger partial charge in [-0.15, -0.1) is 0 Å². The molecule has 0 spiro atoms. The number of likely N-dealkylation sites (N-methyl/N-ethyl adjacent to an activating group) is 1. The van der Waals surface area contributed by atoms with E-state index < -0.39 is 43.9 Å². The molecule has 17 heteroatoms. The molecule has 2 aromatic heterocycles. The molecule has 0 radical (unpaired) electrons. The van der Waals surface area contributed by atoms with Crippen LogP contribution in [-0.2, 0) is 23.1 Å². The minimum absolute atomic E-state index is 0.0231. The first-order valence-corrected chi connectivity index (χ1v) is 20.6. The third kappa shape index (κ3) is 15.5. The Labute approximate surface area is 329 Å². The van der Waals surface area contributed by atoms with Gasteiger partial charge in [0.25, 0.3) is 5.56 Å². The summed E-state index contributed by atoms with van der Waals surface area (Å²) in [6, 6.07) is 0. The lowest BCUT2D eigenvalue weighted by molar-refractivity contribution is -0.121. The number of carbonyl (C=O) groups excluding carboxylic acids is 1. The molecular formula is C39H61N8O8P. The lowest BCUT2D eigenvalue weighted by atomic mass is 9.96. The number of aliphatic hydroxyl groups excluding tert-OH is 1. The molecule has 1 fully saturated rings. The van der Waals surface area contributed by atoms with Crippen LogP contribution in [0.4, 0.5) is 5.95 Å². The second-order valence-electron chi connectivity index (χ2n) is 13.5. The van der Waals surface area contributed by atoms with Gasteiger partial charge in [-0.1, -0.05) is 79.8 Å². The first kappa shape index (κ1) is 46.4. The van der Waals surface area contributed by atoms with Gasteiger partial charge in [-0.05, 0) is 58.9 Å².